The van der Waals surface area contributed by atoms with E-state index in [1.807, 2.05) is 24.5 Å². The van der Waals surface area contributed by atoms with E-state index >= 15 is 0 Å². The van der Waals surface area contributed by atoms with Crippen LogP contribution >= 0.6 is 39.3 Å². The van der Waals surface area contributed by atoms with Gasteiger partial charge in [-0.05, 0) is 30.5 Å². The number of methoxy groups -OCH3 is 2. The predicted octanol–water partition coefficient (Wildman–Crippen LogP) is 2.63. The van der Waals surface area contributed by atoms with Gasteiger partial charge in [0, 0.05) is 26.3 Å². The third-order valence-corrected chi connectivity index (χ3v) is 5.80. The molecule has 2 aromatic carbocycles. The fourth-order valence-electron chi connectivity index (χ4n) is 3.30. The van der Waals surface area contributed by atoms with Crippen molar-refractivity contribution < 1.29 is 14.3 Å². The smallest absolute Gasteiger partial charge is 0.276 e. The second kappa shape index (κ2) is 7.89. The average molecular weight is 496 g/mol. The van der Waals surface area contributed by atoms with Crippen molar-refractivity contribution in [3.05, 3.63) is 56.0 Å². The lowest BCUT2D eigenvalue weighted by atomic mass is 10.1. The number of amides is 1. The molecular weight excluding hydrogens is 480 g/mol. The van der Waals surface area contributed by atoms with Crippen LogP contribution in [-0.2, 0) is 4.79 Å². The van der Waals surface area contributed by atoms with Crippen LogP contribution in [0.2, 0.25) is 5.02 Å². The molecule has 1 N–H and O–H groups in total. The minimum Gasteiger partial charge on any atom is -0.493 e. The van der Waals surface area contributed by atoms with Crippen LogP contribution in [0.5, 0.6) is 11.5 Å². The van der Waals surface area contributed by atoms with E-state index in [2.05, 4.69) is 26.3 Å². The van der Waals surface area contributed by atoms with E-state index in [1.165, 1.54) is 11.8 Å². The summed E-state index contributed by atoms with van der Waals surface area (Å²) in [5.41, 5.74) is 1.04. The van der Waals surface area contributed by atoms with Gasteiger partial charge in [0.05, 0.1) is 19.6 Å². The van der Waals surface area contributed by atoms with Gasteiger partial charge in [-0.3, -0.25) is 15.1 Å². The Morgan fingerprint density at radius 1 is 1.24 bits per heavy atom. The van der Waals surface area contributed by atoms with E-state index in [9.17, 15) is 4.79 Å². The van der Waals surface area contributed by atoms with Crippen LogP contribution in [0.15, 0.2) is 44.9 Å². The molecular formula is C19H16BrClN4O3S. The first kappa shape index (κ1) is 20.1. The van der Waals surface area contributed by atoms with Crippen LogP contribution in [-0.4, -0.2) is 36.6 Å². The maximum absolute atomic E-state index is 13.0. The summed E-state index contributed by atoms with van der Waals surface area (Å²) in [5, 5.41) is 11.3. The quantitative estimate of drug-likeness (QED) is 0.709. The highest BCUT2D eigenvalue weighted by molar-refractivity contribution is 9.10. The molecule has 4 rings (SSSR count). The van der Waals surface area contributed by atoms with Gasteiger partial charge in [0.15, 0.2) is 22.8 Å². The number of nitrogens with zero attached hydrogens (tertiary/aromatic N) is 3. The van der Waals surface area contributed by atoms with Crippen molar-refractivity contribution in [2.24, 2.45) is 10.1 Å². The van der Waals surface area contributed by atoms with Gasteiger partial charge >= 0.3 is 0 Å². The summed E-state index contributed by atoms with van der Waals surface area (Å²) in [6.45, 7) is 0. The van der Waals surface area contributed by atoms with Crippen molar-refractivity contribution in [1.29, 1.82) is 0 Å². The van der Waals surface area contributed by atoms with Crippen molar-refractivity contribution in [3.8, 4) is 11.5 Å². The second-order valence-electron chi connectivity index (χ2n) is 6.15. The standard InChI is InChI=1S/C19H16BrClN4O3S/c1-27-14-8-10(21)7-12(16(14)28-2)17-22-13-5-4-9(20)6-11(13)15-18(26)23-19(29-3)24-25(15)17/h4-8,17H,1-3H3,(H,23,24,26)/t17-/m0/s1. The second-order valence-corrected chi connectivity index (χ2v) is 8.30. The first-order valence-corrected chi connectivity index (χ1v) is 10.9. The summed E-state index contributed by atoms with van der Waals surface area (Å²) in [4.78, 5) is 17.8. The summed E-state index contributed by atoms with van der Waals surface area (Å²) in [6.07, 6.45) is 1.18. The van der Waals surface area contributed by atoms with E-state index in [4.69, 9.17) is 26.1 Å². The molecule has 0 bridgehead atoms. The molecule has 1 amide bonds. The first-order chi connectivity index (χ1) is 14.0. The van der Waals surface area contributed by atoms with Crippen molar-refractivity contribution in [1.82, 2.24) is 10.3 Å². The number of benzene rings is 2. The van der Waals surface area contributed by atoms with Gasteiger partial charge < -0.3 is 9.47 Å². The molecule has 0 spiro atoms. The topological polar surface area (TPSA) is 75.5 Å². The number of hydrazone groups is 1. The highest BCUT2D eigenvalue weighted by atomic mass is 79.9. The molecule has 2 aliphatic rings. The minimum atomic E-state index is -0.658. The summed E-state index contributed by atoms with van der Waals surface area (Å²) < 4.78 is 11.9. The Morgan fingerprint density at radius 2 is 2.03 bits per heavy atom. The van der Waals surface area contributed by atoms with E-state index in [-0.39, 0.29) is 5.91 Å². The Balaban J connectivity index is 2.04. The Hall–Kier alpha value is -2.23. The Labute approximate surface area is 184 Å². The fraction of sp³-hybridized carbons (Fsp3) is 0.211. The van der Waals surface area contributed by atoms with Crippen LogP contribution in [0.3, 0.4) is 0 Å². The van der Waals surface area contributed by atoms with Crippen LogP contribution in [0.25, 0.3) is 5.70 Å². The van der Waals surface area contributed by atoms with Gasteiger partial charge in [0.2, 0.25) is 0 Å². The summed E-state index contributed by atoms with van der Waals surface area (Å²) in [6, 6.07) is 9.00. The zero-order chi connectivity index (χ0) is 20.7. The maximum atomic E-state index is 13.0. The number of hydrogen-bond donors (Lipinski definition) is 1. The van der Waals surface area contributed by atoms with Gasteiger partial charge in [0.25, 0.3) is 5.91 Å². The van der Waals surface area contributed by atoms with Gasteiger partial charge in [-0.25, -0.2) is 5.01 Å². The molecule has 1 atom stereocenters. The molecule has 2 heterocycles. The number of fused-ring (bicyclic) bond motifs is 2. The molecule has 29 heavy (non-hydrogen) atoms. The van der Waals surface area contributed by atoms with E-state index in [1.54, 1.807) is 31.4 Å². The molecule has 0 saturated heterocycles. The lowest BCUT2D eigenvalue weighted by Crippen LogP contribution is -2.50. The van der Waals surface area contributed by atoms with Gasteiger partial charge in [0.1, 0.15) is 5.70 Å². The number of nitrogens with one attached hydrogen (secondary N) is 1. The molecule has 7 nitrogen and oxygen atoms in total. The molecule has 2 aliphatic heterocycles. The molecule has 0 aliphatic carbocycles. The Bertz CT molecular complexity index is 1170. The zero-order valence-corrected chi connectivity index (χ0v) is 18.9. The fourth-order valence-corrected chi connectivity index (χ4v) is 4.24. The van der Waals surface area contributed by atoms with Crippen molar-refractivity contribution >= 4 is 56.1 Å². The lowest BCUT2D eigenvalue weighted by Gasteiger charge is -2.34. The summed E-state index contributed by atoms with van der Waals surface area (Å²) in [5.74, 6) is 0.706. The highest BCUT2D eigenvalue weighted by Crippen LogP contribution is 2.42. The monoisotopic (exact) mass is 494 g/mol. The molecule has 2 aromatic rings. The van der Waals surface area contributed by atoms with E-state index in [0.717, 1.165) is 4.47 Å². The molecule has 0 unspecified atom stereocenters. The lowest BCUT2D eigenvalue weighted by molar-refractivity contribution is -0.116. The zero-order valence-electron chi connectivity index (χ0n) is 15.7. The van der Waals surface area contributed by atoms with E-state index in [0.29, 0.717) is 43.5 Å². The van der Waals surface area contributed by atoms with E-state index < -0.39 is 6.17 Å². The van der Waals surface area contributed by atoms with Gasteiger partial charge in [-0.1, -0.05) is 39.3 Å². The van der Waals surface area contributed by atoms with Crippen LogP contribution in [0, 0.1) is 0 Å². The third-order valence-electron chi connectivity index (χ3n) is 4.51. The summed E-state index contributed by atoms with van der Waals surface area (Å²) >= 11 is 11.1. The van der Waals surface area contributed by atoms with Crippen molar-refractivity contribution in [3.63, 3.8) is 0 Å². The number of carbonyl (C=O) groups is 1. The van der Waals surface area contributed by atoms with Crippen molar-refractivity contribution in [2.45, 2.75) is 6.17 Å². The molecule has 10 heteroatoms. The number of carbonyl (C=O) groups excluding carboxylic acids is 1. The largest absolute Gasteiger partial charge is 0.493 e. The first-order valence-electron chi connectivity index (χ1n) is 8.49. The SMILES string of the molecule is COc1cc(Cl)cc([C@H]2N=c3ccc(Br)cc3=C3C(=O)NC(SC)=NN32)c1OC. The highest BCUT2D eigenvalue weighted by Gasteiger charge is 2.36. The predicted molar refractivity (Wildman–Crippen MR) is 117 cm³/mol. The molecule has 0 aromatic heterocycles. The van der Waals surface area contributed by atoms with Crippen LogP contribution in [0.1, 0.15) is 11.7 Å². The van der Waals surface area contributed by atoms with Gasteiger partial charge in [-0.15, -0.1) is 5.10 Å². The normalized spacial score (nSPS) is 17.6. The average Bonchev–Trinajstić information content (AvgIpc) is 2.71. The van der Waals surface area contributed by atoms with Crippen LogP contribution in [0.4, 0.5) is 0 Å². The van der Waals surface area contributed by atoms with Crippen molar-refractivity contribution in [2.75, 3.05) is 20.5 Å². The third kappa shape index (κ3) is 3.47. The Morgan fingerprint density at radius 3 is 2.72 bits per heavy atom. The maximum Gasteiger partial charge on any atom is 0.276 e. The van der Waals surface area contributed by atoms with Crippen LogP contribution < -0.4 is 25.4 Å². The Kier molecular flexibility index (Phi) is 5.46. The number of thioether (sulfide) groups is 1. The molecule has 0 saturated carbocycles. The molecule has 0 fully saturated rings. The number of amidine groups is 1. The number of hydrogen-bond acceptors (Lipinski definition) is 7. The molecule has 0 radical (unpaired) electrons. The number of rotatable bonds is 3. The summed E-state index contributed by atoms with van der Waals surface area (Å²) in [7, 11) is 3.09. The molecule has 150 valence electrons. The van der Waals surface area contributed by atoms with Gasteiger partial charge in [-0.2, -0.15) is 0 Å². The minimum absolute atomic E-state index is 0.253. The number of ether oxygens (including phenoxy) is 2. The number of halogens is 2.